The molecule has 16 heavy (non-hydrogen) atoms. The molecule has 1 aliphatic carbocycles. The van der Waals surface area contributed by atoms with E-state index >= 15 is 0 Å². The Morgan fingerprint density at radius 2 is 1.81 bits per heavy atom. The quantitative estimate of drug-likeness (QED) is 0.753. The summed E-state index contributed by atoms with van der Waals surface area (Å²) in [6.07, 6.45) is 6.85. The van der Waals surface area contributed by atoms with Crippen LogP contribution in [0.15, 0.2) is 0 Å². The summed E-state index contributed by atoms with van der Waals surface area (Å²) in [6.45, 7) is 9.58. The minimum absolute atomic E-state index is 0.595. The molecule has 2 unspecified atom stereocenters. The lowest BCUT2D eigenvalue weighted by Gasteiger charge is -2.39. The van der Waals surface area contributed by atoms with Crippen LogP contribution < -0.4 is 10.6 Å². The second kappa shape index (κ2) is 5.05. The molecule has 1 heterocycles. The summed E-state index contributed by atoms with van der Waals surface area (Å²) < 4.78 is 0. The minimum atomic E-state index is 0.595. The molecule has 0 aromatic carbocycles. The van der Waals surface area contributed by atoms with Gasteiger partial charge in [-0.2, -0.15) is 0 Å². The van der Waals surface area contributed by atoms with Gasteiger partial charge in [-0.1, -0.05) is 20.8 Å². The van der Waals surface area contributed by atoms with Gasteiger partial charge in [0, 0.05) is 12.1 Å². The summed E-state index contributed by atoms with van der Waals surface area (Å²) in [6, 6.07) is 1.55. The highest BCUT2D eigenvalue weighted by Crippen LogP contribution is 2.35. The summed E-state index contributed by atoms with van der Waals surface area (Å²) in [4.78, 5) is 0. The summed E-state index contributed by atoms with van der Waals surface area (Å²) in [5, 5.41) is 7.38. The average molecular weight is 224 g/mol. The lowest BCUT2D eigenvalue weighted by Crippen LogP contribution is -2.50. The molecule has 0 aromatic heterocycles. The lowest BCUT2D eigenvalue weighted by atomic mass is 9.75. The zero-order valence-corrected chi connectivity index (χ0v) is 11.2. The summed E-state index contributed by atoms with van der Waals surface area (Å²) >= 11 is 0. The van der Waals surface area contributed by atoms with Crippen molar-refractivity contribution in [2.45, 2.75) is 65.0 Å². The zero-order valence-electron chi connectivity index (χ0n) is 11.2. The first-order valence-electron chi connectivity index (χ1n) is 7.04. The Morgan fingerprint density at radius 3 is 2.44 bits per heavy atom. The molecule has 0 amide bonds. The SMILES string of the molecule is CC1CNCCC1NC1CCC(C)(C)CC1. The van der Waals surface area contributed by atoms with Crippen LogP contribution in [0.5, 0.6) is 0 Å². The molecule has 0 aromatic rings. The van der Waals surface area contributed by atoms with Crippen molar-refractivity contribution in [2.24, 2.45) is 11.3 Å². The average Bonchev–Trinajstić information content (AvgIpc) is 2.24. The van der Waals surface area contributed by atoms with E-state index < -0.39 is 0 Å². The van der Waals surface area contributed by atoms with E-state index in [2.05, 4.69) is 31.4 Å². The molecule has 0 bridgehead atoms. The molecule has 94 valence electrons. The Hall–Kier alpha value is -0.0800. The normalized spacial score (nSPS) is 36.2. The van der Waals surface area contributed by atoms with E-state index in [1.807, 2.05) is 0 Å². The fourth-order valence-corrected chi connectivity index (χ4v) is 3.13. The second-order valence-corrected chi connectivity index (χ2v) is 6.68. The van der Waals surface area contributed by atoms with Gasteiger partial charge in [-0.25, -0.2) is 0 Å². The van der Waals surface area contributed by atoms with Crippen molar-refractivity contribution >= 4 is 0 Å². The highest BCUT2D eigenvalue weighted by Gasteiger charge is 2.29. The monoisotopic (exact) mass is 224 g/mol. The first-order chi connectivity index (χ1) is 7.57. The first kappa shape index (κ1) is 12.4. The zero-order chi connectivity index (χ0) is 11.6. The standard InChI is InChI=1S/C14H28N2/c1-11-10-15-9-6-13(11)16-12-4-7-14(2,3)8-5-12/h11-13,15-16H,4-10H2,1-3H3. The van der Waals surface area contributed by atoms with E-state index in [0.29, 0.717) is 5.41 Å². The Labute approximate surface area is 101 Å². The Kier molecular flexibility index (Phi) is 3.91. The smallest absolute Gasteiger partial charge is 0.0119 e. The Bertz CT molecular complexity index is 215. The van der Waals surface area contributed by atoms with Gasteiger partial charge in [-0.05, 0) is 56.5 Å². The molecule has 2 rings (SSSR count). The molecule has 1 saturated heterocycles. The van der Waals surface area contributed by atoms with E-state index in [-0.39, 0.29) is 0 Å². The van der Waals surface area contributed by atoms with Gasteiger partial charge in [0.05, 0.1) is 0 Å². The van der Waals surface area contributed by atoms with Crippen LogP contribution in [0.4, 0.5) is 0 Å². The third kappa shape index (κ3) is 3.21. The third-order valence-corrected chi connectivity index (χ3v) is 4.57. The fourth-order valence-electron chi connectivity index (χ4n) is 3.13. The van der Waals surface area contributed by atoms with Crippen LogP contribution in [-0.4, -0.2) is 25.2 Å². The van der Waals surface area contributed by atoms with Crippen LogP contribution in [0.25, 0.3) is 0 Å². The molecule has 2 heteroatoms. The molecule has 0 radical (unpaired) electrons. The van der Waals surface area contributed by atoms with Crippen LogP contribution in [0, 0.1) is 11.3 Å². The maximum Gasteiger partial charge on any atom is 0.0119 e. The van der Waals surface area contributed by atoms with Crippen molar-refractivity contribution in [3.8, 4) is 0 Å². The Morgan fingerprint density at radius 1 is 1.12 bits per heavy atom. The van der Waals surface area contributed by atoms with Crippen molar-refractivity contribution in [2.75, 3.05) is 13.1 Å². The number of piperidine rings is 1. The molecule has 2 nitrogen and oxygen atoms in total. The van der Waals surface area contributed by atoms with Crippen molar-refractivity contribution in [1.29, 1.82) is 0 Å². The van der Waals surface area contributed by atoms with Crippen LogP contribution in [0.3, 0.4) is 0 Å². The molecule has 1 aliphatic heterocycles. The third-order valence-electron chi connectivity index (χ3n) is 4.57. The largest absolute Gasteiger partial charge is 0.316 e. The molecule has 1 saturated carbocycles. The van der Waals surface area contributed by atoms with Gasteiger partial charge >= 0.3 is 0 Å². The predicted octanol–water partition coefficient (Wildman–Crippen LogP) is 2.54. The van der Waals surface area contributed by atoms with Gasteiger partial charge in [0.1, 0.15) is 0 Å². The second-order valence-electron chi connectivity index (χ2n) is 6.68. The lowest BCUT2D eigenvalue weighted by molar-refractivity contribution is 0.178. The highest BCUT2D eigenvalue weighted by atomic mass is 15.0. The Balaban J connectivity index is 1.77. The van der Waals surface area contributed by atoms with Crippen LogP contribution >= 0.6 is 0 Å². The molecular weight excluding hydrogens is 196 g/mol. The van der Waals surface area contributed by atoms with Crippen molar-refractivity contribution in [1.82, 2.24) is 10.6 Å². The van der Waals surface area contributed by atoms with Crippen molar-refractivity contribution < 1.29 is 0 Å². The maximum absolute atomic E-state index is 3.91. The van der Waals surface area contributed by atoms with Crippen molar-refractivity contribution in [3.05, 3.63) is 0 Å². The van der Waals surface area contributed by atoms with E-state index in [0.717, 1.165) is 18.0 Å². The molecule has 2 aliphatic rings. The van der Waals surface area contributed by atoms with E-state index in [9.17, 15) is 0 Å². The molecule has 2 fully saturated rings. The van der Waals surface area contributed by atoms with Gasteiger partial charge in [0.2, 0.25) is 0 Å². The molecular formula is C14H28N2. The van der Waals surface area contributed by atoms with Gasteiger partial charge in [0.25, 0.3) is 0 Å². The number of hydrogen-bond acceptors (Lipinski definition) is 2. The van der Waals surface area contributed by atoms with Gasteiger partial charge in [0.15, 0.2) is 0 Å². The predicted molar refractivity (Wildman–Crippen MR) is 69.6 cm³/mol. The van der Waals surface area contributed by atoms with Gasteiger partial charge in [-0.15, -0.1) is 0 Å². The van der Waals surface area contributed by atoms with Crippen molar-refractivity contribution in [3.63, 3.8) is 0 Å². The topological polar surface area (TPSA) is 24.1 Å². The van der Waals surface area contributed by atoms with Crippen LogP contribution in [0.2, 0.25) is 0 Å². The van der Waals surface area contributed by atoms with Gasteiger partial charge < -0.3 is 10.6 Å². The highest BCUT2D eigenvalue weighted by molar-refractivity contribution is 4.87. The van der Waals surface area contributed by atoms with Gasteiger partial charge in [-0.3, -0.25) is 0 Å². The minimum Gasteiger partial charge on any atom is -0.316 e. The molecule has 0 spiro atoms. The first-order valence-corrected chi connectivity index (χ1v) is 7.04. The molecule has 2 atom stereocenters. The number of nitrogens with one attached hydrogen (secondary N) is 2. The summed E-state index contributed by atoms with van der Waals surface area (Å²) in [5.41, 5.74) is 0.595. The fraction of sp³-hybridized carbons (Fsp3) is 1.00. The summed E-state index contributed by atoms with van der Waals surface area (Å²) in [7, 11) is 0. The van der Waals surface area contributed by atoms with E-state index in [1.165, 1.54) is 45.2 Å². The van der Waals surface area contributed by atoms with E-state index in [4.69, 9.17) is 0 Å². The van der Waals surface area contributed by atoms with Crippen LogP contribution in [0.1, 0.15) is 52.9 Å². The summed E-state index contributed by atoms with van der Waals surface area (Å²) in [5.74, 6) is 0.795. The molecule has 2 N–H and O–H groups in total. The van der Waals surface area contributed by atoms with E-state index in [1.54, 1.807) is 0 Å². The number of hydrogen-bond donors (Lipinski definition) is 2. The van der Waals surface area contributed by atoms with Crippen LogP contribution in [-0.2, 0) is 0 Å². The number of rotatable bonds is 2. The maximum atomic E-state index is 3.91.